The highest BCUT2D eigenvalue weighted by atomic mass is 19.4. The van der Waals surface area contributed by atoms with E-state index in [1.54, 1.807) is 28.8 Å². The highest BCUT2D eigenvalue weighted by Gasteiger charge is 2.38. The minimum absolute atomic E-state index is 0.00374. The van der Waals surface area contributed by atoms with Crippen LogP contribution in [-0.2, 0) is 23.9 Å². The van der Waals surface area contributed by atoms with Crippen molar-refractivity contribution in [2.45, 2.75) is 19.1 Å². The van der Waals surface area contributed by atoms with Crippen LogP contribution >= 0.6 is 0 Å². The van der Waals surface area contributed by atoms with Crippen LogP contribution in [0.4, 0.5) is 13.2 Å². The zero-order valence-corrected chi connectivity index (χ0v) is 13.3. The molecule has 3 rings (SSSR count). The van der Waals surface area contributed by atoms with Gasteiger partial charge in [-0.25, -0.2) is 0 Å². The number of carbonyl (C=O) groups is 1. The van der Waals surface area contributed by atoms with E-state index in [1.807, 2.05) is 0 Å². The fourth-order valence-corrected chi connectivity index (χ4v) is 2.39. The molecule has 0 atom stereocenters. The van der Waals surface area contributed by atoms with E-state index in [2.05, 4.69) is 20.0 Å². The number of fused-ring (bicyclic) bond motifs is 1. The van der Waals surface area contributed by atoms with Crippen molar-refractivity contribution in [3.8, 4) is 0 Å². The molecule has 1 N–H and O–H groups in total. The molecule has 26 heavy (non-hydrogen) atoms. The summed E-state index contributed by atoms with van der Waals surface area (Å²) in [5.41, 5.74) is 0.470. The molecule has 3 aromatic rings. The molecule has 0 unspecified atom stereocenters. The Morgan fingerprint density at radius 1 is 1.23 bits per heavy atom. The molecule has 0 aliphatic carbocycles. The molecule has 0 aliphatic rings. The summed E-state index contributed by atoms with van der Waals surface area (Å²) >= 11 is 0. The summed E-state index contributed by atoms with van der Waals surface area (Å²) in [7, 11) is 0. The fourth-order valence-electron chi connectivity index (χ4n) is 2.39. The Labute approximate surface area is 144 Å². The van der Waals surface area contributed by atoms with E-state index in [4.69, 9.17) is 0 Å². The van der Waals surface area contributed by atoms with Gasteiger partial charge in [0.15, 0.2) is 11.3 Å². The predicted molar refractivity (Wildman–Crippen MR) is 84.2 cm³/mol. The summed E-state index contributed by atoms with van der Waals surface area (Å²) < 4.78 is 42.8. The van der Waals surface area contributed by atoms with Crippen molar-refractivity contribution in [3.63, 3.8) is 0 Å². The molecule has 0 aliphatic heterocycles. The number of pyridine rings is 1. The van der Waals surface area contributed by atoms with Crippen LogP contribution in [0.5, 0.6) is 0 Å². The van der Waals surface area contributed by atoms with E-state index in [0.29, 0.717) is 10.9 Å². The third-order valence-electron chi connectivity index (χ3n) is 3.58. The molecule has 0 radical (unpaired) electrons. The number of amides is 1. The smallest absolute Gasteiger partial charge is 0.354 e. The monoisotopic (exact) mass is 366 g/mol. The lowest BCUT2D eigenvalue weighted by atomic mass is 10.2. The molecular formula is C16H13F3N4O3. The zero-order valence-electron chi connectivity index (χ0n) is 13.3. The number of rotatable bonds is 5. The number of benzene rings is 1. The number of carbonyl (C=O) groups excluding carboxylic acids is 1. The summed E-state index contributed by atoms with van der Waals surface area (Å²) in [5, 5.41) is 6.28. The van der Waals surface area contributed by atoms with Gasteiger partial charge >= 0.3 is 12.1 Å². The highest BCUT2D eigenvalue weighted by molar-refractivity contribution is 5.82. The number of nitrogens with one attached hydrogen (secondary N) is 1. The van der Waals surface area contributed by atoms with E-state index in [9.17, 15) is 22.8 Å². The summed E-state index contributed by atoms with van der Waals surface area (Å²) in [4.78, 5) is 27.1. The molecule has 0 saturated heterocycles. The van der Waals surface area contributed by atoms with Crippen molar-refractivity contribution in [3.05, 3.63) is 58.5 Å². The molecule has 2 heterocycles. The number of aromatic nitrogens is 3. The summed E-state index contributed by atoms with van der Waals surface area (Å²) in [6, 6.07) is 8.25. The Kier molecular flexibility index (Phi) is 4.74. The Morgan fingerprint density at radius 2 is 2.00 bits per heavy atom. The van der Waals surface area contributed by atoms with Gasteiger partial charge in [-0.15, -0.1) is 0 Å². The fraction of sp³-hybridized carbons (Fsp3) is 0.250. The first-order valence-corrected chi connectivity index (χ1v) is 7.59. The first-order valence-electron chi connectivity index (χ1n) is 7.59. The maximum absolute atomic E-state index is 12.4. The van der Waals surface area contributed by atoms with Crippen molar-refractivity contribution < 1.29 is 22.5 Å². The van der Waals surface area contributed by atoms with Gasteiger partial charge < -0.3 is 14.4 Å². The largest absolute Gasteiger partial charge is 0.471 e. The standard InChI is InChI=1S/C16H13F3N4O3/c17-16(18,19)15-21-13(22-26-15)5-7-20-14(25)9-23-8-6-12(24)10-3-1-2-4-11(10)23/h1-4,6,8H,5,7,9H2,(H,20,25). The molecule has 1 aromatic carbocycles. The van der Waals surface area contributed by atoms with Crippen molar-refractivity contribution in [1.29, 1.82) is 0 Å². The summed E-state index contributed by atoms with van der Waals surface area (Å²) in [5.74, 6) is -1.93. The molecule has 1 amide bonds. The van der Waals surface area contributed by atoms with Gasteiger partial charge in [0.1, 0.15) is 6.54 Å². The molecule has 0 bridgehead atoms. The molecule has 10 heteroatoms. The normalized spacial score (nSPS) is 11.7. The summed E-state index contributed by atoms with van der Waals surface area (Å²) in [6.45, 7) is 0.00857. The Morgan fingerprint density at radius 3 is 2.73 bits per heavy atom. The molecule has 0 spiro atoms. The molecule has 2 aromatic heterocycles. The van der Waals surface area contributed by atoms with Gasteiger partial charge in [-0.05, 0) is 12.1 Å². The Bertz CT molecular complexity index is 994. The quantitative estimate of drug-likeness (QED) is 0.743. The molecular weight excluding hydrogens is 353 g/mol. The van der Waals surface area contributed by atoms with E-state index in [-0.39, 0.29) is 36.7 Å². The number of halogens is 3. The van der Waals surface area contributed by atoms with Gasteiger partial charge in [-0.2, -0.15) is 18.2 Å². The van der Waals surface area contributed by atoms with Gasteiger partial charge in [0.05, 0.1) is 5.52 Å². The maximum atomic E-state index is 12.4. The van der Waals surface area contributed by atoms with Crippen LogP contribution < -0.4 is 10.7 Å². The van der Waals surface area contributed by atoms with Gasteiger partial charge in [-0.1, -0.05) is 17.3 Å². The van der Waals surface area contributed by atoms with Crippen molar-refractivity contribution in [2.24, 2.45) is 0 Å². The number of hydrogen-bond acceptors (Lipinski definition) is 5. The van der Waals surface area contributed by atoms with E-state index in [1.165, 1.54) is 12.3 Å². The second kappa shape index (κ2) is 6.98. The Balaban J connectivity index is 1.59. The topological polar surface area (TPSA) is 90.0 Å². The average molecular weight is 366 g/mol. The van der Waals surface area contributed by atoms with Crippen LogP contribution in [0.25, 0.3) is 10.9 Å². The first-order chi connectivity index (χ1) is 12.3. The van der Waals surface area contributed by atoms with Crippen molar-refractivity contribution in [2.75, 3.05) is 6.54 Å². The number of hydrogen-bond donors (Lipinski definition) is 1. The third kappa shape index (κ3) is 3.90. The zero-order chi connectivity index (χ0) is 18.7. The lowest BCUT2D eigenvalue weighted by Gasteiger charge is -2.10. The van der Waals surface area contributed by atoms with E-state index < -0.39 is 12.1 Å². The van der Waals surface area contributed by atoms with Gasteiger partial charge in [0.25, 0.3) is 0 Å². The van der Waals surface area contributed by atoms with E-state index in [0.717, 1.165) is 0 Å². The Hall–Kier alpha value is -3.17. The molecule has 0 saturated carbocycles. The van der Waals surface area contributed by atoms with Crippen LogP contribution in [0, 0.1) is 0 Å². The average Bonchev–Trinajstić information content (AvgIpc) is 3.07. The number of nitrogens with zero attached hydrogens (tertiary/aromatic N) is 3. The van der Waals surface area contributed by atoms with Gasteiger partial charge in [0.2, 0.25) is 5.91 Å². The van der Waals surface area contributed by atoms with Crippen LogP contribution in [0.15, 0.2) is 45.8 Å². The van der Waals surface area contributed by atoms with E-state index >= 15 is 0 Å². The highest BCUT2D eigenvalue weighted by Crippen LogP contribution is 2.27. The lowest BCUT2D eigenvalue weighted by molar-refractivity contribution is -0.159. The maximum Gasteiger partial charge on any atom is 0.471 e. The minimum atomic E-state index is -4.69. The molecule has 0 fully saturated rings. The summed E-state index contributed by atoms with van der Waals surface area (Å²) in [6.07, 6.45) is -3.19. The van der Waals surface area contributed by atoms with Crippen LogP contribution in [0.1, 0.15) is 11.7 Å². The van der Waals surface area contributed by atoms with Gasteiger partial charge in [-0.3, -0.25) is 9.59 Å². The van der Waals surface area contributed by atoms with Crippen LogP contribution in [0.2, 0.25) is 0 Å². The second-order valence-corrected chi connectivity index (χ2v) is 5.44. The minimum Gasteiger partial charge on any atom is -0.354 e. The lowest BCUT2D eigenvalue weighted by Crippen LogP contribution is -2.30. The number of para-hydroxylation sites is 1. The van der Waals surface area contributed by atoms with Crippen molar-refractivity contribution in [1.82, 2.24) is 20.0 Å². The van der Waals surface area contributed by atoms with Crippen LogP contribution in [0.3, 0.4) is 0 Å². The first kappa shape index (κ1) is 17.6. The van der Waals surface area contributed by atoms with Crippen LogP contribution in [-0.4, -0.2) is 27.2 Å². The van der Waals surface area contributed by atoms with Gasteiger partial charge in [0, 0.05) is 30.6 Å². The second-order valence-electron chi connectivity index (χ2n) is 5.44. The third-order valence-corrected chi connectivity index (χ3v) is 3.58. The molecule has 7 nitrogen and oxygen atoms in total. The predicted octanol–water partition coefficient (Wildman–Crippen LogP) is 1.76. The number of alkyl halides is 3. The molecule has 136 valence electrons. The van der Waals surface area contributed by atoms with Crippen molar-refractivity contribution >= 4 is 16.8 Å². The SMILES string of the molecule is O=C(Cn1ccc(=O)c2ccccc21)NCCc1noc(C(F)(F)F)n1.